The number of rotatable bonds is 8. The Hall–Kier alpha value is -5.31. The minimum atomic E-state index is -5.12. The van der Waals surface area contributed by atoms with Crippen molar-refractivity contribution in [1.29, 1.82) is 0 Å². The van der Waals surface area contributed by atoms with Crippen LogP contribution in [-0.4, -0.2) is 46.6 Å². The Morgan fingerprint density at radius 2 is 1.48 bits per heavy atom. The van der Waals surface area contributed by atoms with E-state index in [0.29, 0.717) is 12.1 Å². The lowest BCUT2D eigenvalue weighted by Crippen LogP contribution is -2.43. The molecule has 0 saturated carbocycles. The van der Waals surface area contributed by atoms with Crippen molar-refractivity contribution in [2.24, 2.45) is 7.05 Å². The average Bonchev–Trinajstić information content (AvgIpc) is 3.00. The summed E-state index contributed by atoms with van der Waals surface area (Å²) in [7, 11) is 4.85. The maximum atomic E-state index is 14.9. The fourth-order valence-corrected chi connectivity index (χ4v) is 5.98. The molecule has 0 spiro atoms. The van der Waals surface area contributed by atoms with Crippen LogP contribution in [0.2, 0.25) is 0 Å². The fraction of sp³-hybridized carbons (Fsp3) is 0.229. The van der Waals surface area contributed by atoms with Gasteiger partial charge in [-0.3, -0.25) is 9.59 Å². The summed E-state index contributed by atoms with van der Waals surface area (Å²) in [6.07, 6.45) is -10.7. The highest BCUT2D eigenvalue weighted by Crippen LogP contribution is 2.42. The van der Waals surface area contributed by atoms with Crippen LogP contribution in [0, 0.1) is 11.6 Å². The number of aromatic nitrogens is 1. The number of aliphatic carboxylic acids is 1. The molecule has 15 heteroatoms. The second-order valence-corrected chi connectivity index (χ2v) is 11.9. The Balaban J connectivity index is 1.62. The third-order valence-electron chi connectivity index (χ3n) is 8.15. The minimum absolute atomic E-state index is 0.0514. The van der Waals surface area contributed by atoms with Crippen LogP contribution in [0.15, 0.2) is 71.5 Å². The molecular weight excluding hydrogens is 678 g/mol. The second-order valence-electron chi connectivity index (χ2n) is 11.9. The summed E-state index contributed by atoms with van der Waals surface area (Å²) in [4.78, 5) is 40.4. The fourth-order valence-electron chi connectivity index (χ4n) is 5.98. The molecule has 0 fully saturated rings. The minimum Gasteiger partial charge on any atom is -0.480 e. The van der Waals surface area contributed by atoms with Crippen LogP contribution in [0.5, 0.6) is 0 Å². The van der Waals surface area contributed by atoms with E-state index in [1.807, 2.05) is 5.32 Å². The van der Waals surface area contributed by atoms with Crippen LogP contribution in [0.3, 0.4) is 0 Å². The van der Waals surface area contributed by atoms with Crippen molar-refractivity contribution in [3.8, 4) is 11.1 Å². The number of benzene rings is 4. The van der Waals surface area contributed by atoms with Gasteiger partial charge in [-0.2, -0.15) is 26.3 Å². The number of carboxylic acid groups (broad SMARTS) is 1. The zero-order chi connectivity index (χ0) is 36.9. The van der Waals surface area contributed by atoms with Gasteiger partial charge in [0.05, 0.1) is 22.2 Å². The van der Waals surface area contributed by atoms with Gasteiger partial charge in [-0.1, -0.05) is 42.5 Å². The number of halogens is 8. The number of nitrogens with one attached hydrogen (secondary N) is 1. The van der Waals surface area contributed by atoms with E-state index < -0.39 is 76.1 Å². The predicted octanol–water partition coefficient (Wildman–Crippen LogP) is 7.16. The first-order chi connectivity index (χ1) is 23.3. The summed E-state index contributed by atoms with van der Waals surface area (Å²) in [5.74, 6) is -7.08. The van der Waals surface area contributed by atoms with E-state index in [2.05, 4.69) is 0 Å². The Kier molecular flexibility index (Phi) is 9.49. The molecule has 1 aromatic heterocycles. The maximum absolute atomic E-state index is 14.9. The molecule has 1 unspecified atom stereocenters. The number of carbonyl (C=O) groups is 2. The third-order valence-corrected chi connectivity index (χ3v) is 8.15. The second kappa shape index (κ2) is 13.2. The molecule has 0 bridgehead atoms. The van der Waals surface area contributed by atoms with Crippen LogP contribution < -0.4 is 10.9 Å². The van der Waals surface area contributed by atoms with Crippen molar-refractivity contribution < 1.29 is 49.8 Å². The van der Waals surface area contributed by atoms with Crippen LogP contribution in [0.4, 0.5) is 35.1 Å². The molecule has 7 nitrogen and oxygen atoms in total. The SMILES string of the molecule is CN(C)Cc1ccc2c(c1)c(C(F)(F)F)c(-c1cccc3c(CC(NC(=O)c4c(F)cc(C(F)(F)F)cc4F)C(=O)O)cccc13)c(=O)n2C. The summed E-state index contributed by atoms with van der Waals surface area (Å²) in [5.41, 5.74) is -5.23. The topological polar surface area (TPSA) is 91.6 Å². The lowest BCUT2D eigenvalue weighted by Gasteiger charge is -2.21. The Morgan fingerprint density at radius 3 is 2.06 bits per heavy atom. The smallest absolute Gasteiger partial charge is 0.417 e. The monoisotopic (exact) mass is 705 g/mol. The largest absolute Gasteiger partial charge is 0.480 e. The number of hydrogen-bond acceptors (Lipinski definition) is 4. The first-order valence-corrected chi connectivity index (χ1v) is 14.8. The molecule has 5 aromatic rings. The summed E-state index contributed by atoms with van der Waals surface area (Å²) < 4.78 is 114. The standard InChI is InChI=1S/C35H27F8N3O4/c1-45(2)16-17-10-11-27-23(12-17)30(35(41,42)43)28(32(48)46(27)3)22-9-5-7-20-18(6-4-8-21(20)22)13-26(33(49)50)44-31(47)29-24(36)14-19(15-25(29)37)34(38,39)40/h4-12,14-15,26H,13,16H2,1-3H3,(H,44,47)(H,49,50). The molecule has 0 radical (unpaired) electrons. The highest BCUT2D eigenvalue weighted by atomic mass is 19.4. The number of aryl methyl sites for hydroxylation is 1. The van der Waals surface area contributed by atoms with Gasteiger partial charge in [0.2, 0.25) is 0 Å². The van der Waals surface area contributed by atoms with Gasteiger partial charge < -0.3 is 19.9 Å². The van der Waals surface area contributed by atoms with E-state index in [9.17, 15) is 54.6 Å². The quantitative estimate of drug-likeness (QED) is 0.167. The van der Waals surface area contributed by atoms with Gasteiger partial charge in [0.15, 0.2) is 0 Å². The van der Waals surface area contributed by atoms with Gasteiger partial charge in [0, 0.05) is 25.4 Å². The van der Waals surface area contributed by atoms with Crippen molar-refractivity contribution in [2.45, 2.75) is 31.4 Å². The molecule has 0 aliphatic heterocycles. The first kappa shape index (κ1) is 36.0. The number of amides is 1. The van der Waals surface area contributed by atoms with E-state index in [1.54, 1.807) is 25.1 Å². The maximum Gasteiger partial charge on any atom is 0.417 e. The molecule has 262 valence electrons. The summed E-state index contributed by atoms with van der Waals surface area (Å²) >= 11 is 0. The lowest BCUT2D eigenvalue weighted by molar-refractivity contribution is -0.139. The molecule has 50 heavy (non-hydrogen) atoms. The molecule has 5 rings (SSSR count). The van der Waals surface area contributed by atoms with Crippen LogP contribution >= 0.6 is 0 Å². The van der Waals surface area contributed by atoms with E-state index in [-0.39, 0.29) is 44.9 Å². The first-order valence-electron chi connectivity index (χ1n) is 14.8. The number of fused-ring (bicyclic) bond motifs is 2. The summed E-state index contributed by atoms with van der Waals surface area (Å²) in [5, 5.41) is 11.9. The van der Waals surface area contributed by atoms with Crippen molar-refractivity contribution in [3.63, 3.8) is 0 Å². The number of nitrogens with zero attached hydrogens (tertiary/aromatic N) is 2. The van der Waals surface area contributed by atoms with E-state index >= 15 is 0 Å². The normalized spacial score (nSPS) is 12.9. The van der Waals surface area contributed by atoms with Gasteiger partial charge in [-0.25, -0.2) is 13.6 Å². The zero-order valence-electron chi connectivity index (χ0n) is 26.4. The average molecular weight is 706 g/mol. The molecule has 2 N–H and O–H groups in total. The molecular formula is C35H27F8N3O4. The van der Waals surface area contributed by atoms with Gasteiger partial charge in [-0.05, 0) is 65.8 Å². The van der Waals surface area contributed by atoms with Crippen molar-refractivity contribution >= 4 is 33.6 Å². The Morgan fingerprint density at radius 1 is 0.860 bits per heavy atom. The molecule has 0 aliphatic rings. The van der Waals surface area contributed by atoms with Gasteiger partial charge in [0.25, 0.3) is 11.5 Å². The van der Waals surface area contributed by atoms with Crippen molar-refractivity contribution in [2.75, 3.05) is 14.1 Å². The molecule has 0 aliphatic carbocycles. The number of pyridine rings is 1. The molecule has 4 aromatic carbocycles. The van der Waals surface area contributed by atoms with Crippen LogP contribution in [-0.2, 0) is 37.2 Å². The molecule has 0 saturated heterocycles. The highest BCUT2D eigenvalue weighted by molar-refractivity contribution is 6.02. The van der Waals surface area contributed by atoms with Crippen molar-refractivity contribution in [1.82, 2.24) is 14.8 Å². The Bertz CT molecular complexity index is 2200. The van der Waals surface area contributed by atoms with Crippen LogP contribution in [0.25, 0.3) is 32.8 Å². The van der Waals surface area contributed by atoms with E-state index in [1.165, 1.54) is 55.6 Å². The lowest BCUT2D eigenvalue weighted by atomic mass is 9.90. The number of alkyl halides is 6. The number of hydrogen-bond donors (Lipinski definition) is 2. The molecule has 1 atom stereocenters. The number of carbonyl (C=O) groups excluding carboxylic acids is 1. The van der Waals surface area contributed by atoms with Gasteiger partial charge >= 0.3 is 18.3 Å². The van der Waals surface area contributed by atoms with E-state index in [0.717, 1.165) is 4.57 Å². The van der Waals surface area contributed by atoms with Crippen molar-refractivity contribution in [3.05, 3.63) is 117 Å². The van der Waals surface area contributed by atoms with Crippen LogP contribution in [0.1, 0.15) is 32.6 Å². The zero-order valence-corrected chi connectivity index (χ0v) is 26.4. The highest BCUT2D eigenvalue weighted by Gasteiger charge is 2.39. The predicted molar refractivity (Wildman–Crippen MR) is 168 cm³/mol. The molecule has 1 amide bonds. The van der Waals surface area contributed by atoms with Gasteiger partial charge in [0.1, 0.15) is 23.2 Å². The summed E-state index contributed by atoms with van der Waals surface area (Å²) in [6.45, 7) is 0.322. The Labute approximate surface area is 278 Å². The van der Waals surface area contributed by atoms with Gasteiger partial charge in [-0.15, -0.1) is 0 Å². The third kappa shape index (κ3) is 6.90. The summed E-state index contributed by atoms with van der Waals surface area (Å²) in [6, 6.07) is 10.7. The molecule has 1 heterocycles. The van der Waals surface area contributed by atoms with E-state index in [4.69, 9.17) is 0 Å². The number of carboxylic acids is 1.